The molecule has 5 N–H and O–H groups in total. The summed E-state index contributed by atoms with van der Waals surface area (Å²) >= 11 is 6.51. The number of likely N-dealkylation sites (tertiary alicyclic amines) is 2. The summed E-state index contributed by atoms with van der Waals surface area (Å²) in [5.74, 6) is 0.721. The second-order valence-electron chi connectivity index (χ2n) is 38.9. The smallest absolute Gasteiger partial charge is 0.310 e. The molecule has 10 fully saturated rings. The number of β-amino-alcohol motifs (C(OH)–C–C–N with tert-alkyl or cyclic N) is 1. The van der Waals surface area contributed by atoms with Gasteiger partial charge in [0.1, 0.15) is 60.4 Å². The number of aromatic nitrogens is 6. The number of allylic oxidation sites excluding steroid dienone is 2. The number of benzene rings is 2. The van der Waals surface area contributed by atoms with Gasteiger partial charge in [0, 0.05) is 143 Å². The topological polar surface area (TPSA) is 360 Å². The zero-order valence-corrected chi connectivity index (χ0v) is 74.6. The van der Waals surface area contributed by atoms with Crippen LogP contribution in [0.1, 0.15) is 159 Å². The van der Waals surface area contributed by atoms with E-state index < -0.39 is 81.7 Å². The summed E-state index contributed by atoms with van der Waals surface area (Å²) in [6.45, 7) is 36.5. The molecule has 2 amide bonds. The first kappa shape index (κ1) is 91.6. The van der Waals surface area contributed by atoms with Gasteiger partial charge in [0.2, 0.25) is 11.8 Å². The highest BCUT2D eigenvalue weighted by molar-refractivity contribution is 6.35. The molecule has 4 saturated heterocycles. The molecule has 4 aromatic heterocycles. The van der Waals surface area contributed by atoms with E-state index in [1.807, 2.05) is 122 Å². The number of esters is 2. The minimum Gasteiger partial charge on any atom is -0.492 e. The fourth-order valence-corrected chi connectivity index (χ4v) is 19.4. The molecule has 0 radical (unpaired) electrons. The Kier molecular flexibility index (Phi) is 28.2. The average molecular weight is 1750 g/mol. The van der Waals surface area contributed by atoms with Gasteiger partial charge in [-0.1, -0.05) is 65.3 Å². The van der Waals surface area contributed by atoms with Crippen LogP contribution in [0.2, 0.25) is 5.02 Å². The normalized spacial score (nSPS) is 27.2. The highest BCUT2D eigenvalue weighted by Crippen LogP contribution is 2.59. The summed E-state index contributed by atoms with van der Waals surface area (Å²) in [4.78, 5) is 124. The van der Waals surface area contributed by atoms with Gasteiger partial charge < -0.3 is 68.9 Å². The molecule has 10 aliphatic rings. The number of ketones is 2. The number of anilines is 2. The number of halogens is 1. The number of fused-ring (bicyclic) bond motifs is 4. The first-order chi connectivity index (χ1) is 59.5. The number of amides is 2. The first-order valence-electron chi connectivity index (χ1n) is 44.7. The van der Waals surface area contributed by atoms with Gasteiger partial charge in [-0.15, -0.1) is 23.4 Å². The number of nitrogens with one attached hydrogen (secondary N) is 2. The SMILES string of the molecule is C=C[C@@H]1C[C@]1(CC(=O)[C@@H]1CC(O)CN1C(=O)[C@@H](CC(=O)OC1CC2C[C@H]2C1)C(C)(C)C)C(=O)O.C=C[C@@H]1C[C@]1(CC(=O)[C@@H]1CC(Oc2cc(-n3ccc(NC(C)C)n3)nc3cc(OCCN4CCOCC4)ccc23)CN1C(=O)[C@@H](CC(=O)OC1CC2C[C@H]2C1)C(C)(C)C)C(=O)O.CC(C)Nc1ccn(-c2cc(Cl)c3ccc(OCCN4CCOCC4)cc3n2)n1. The van der Waals surface area contributed by atoms with Gasteiger partial charge in [-0.3, -0.25) is 48.2 Å². The standard InChI is InChI=1S/C47H62N6O9.C26H37NO7.C21H26ClN5O2/c1-7-31-25-47(31,45(57)58)26-39(54)38-22-34(27-52(38)44(56)36(46(4,5)6)23-43(55)62-33-19-29-18-30(29)20-33)61-40-24-42(53-11-10-41(50-53)48-28(2)3)49-37-21-32(8-9-35(37)40)60-17-14-51-12-15-59-16-13-51;1-5-16-11-26(16,24(32)33)12-21(29)20-9-17(28)13-27(20)23(31)19(25(2,3)4)10-22(30)34-18-7-14-6-15(14)8-18;1-15(2)23-20-5-6-27(25-20)21-14-18(22)17-4-3-16(13-19(17)24-21)29-12-9-26-7-10-28-11-8-26/h7-11,21,24,28-31,33-34,36,38H,1,12-20,22-23,25-27H2,2-6H3,(H,48,50)(H,57,58);5,14-20,28H,1,6-13H2,2-4H3,(H,32,33);3-6,13-15H,7-12H2,1-2H3,(H,23,25)/t29-,30?,31+,33?,34?,36+,38-,47+;14-,15?,16+,17?,18?,19+,20-,26+;/m00./s1. The Balaban J connectivity index is 0.000000169. The van der Waals surface area contributed by atoms with Crippen LogP contribution in [0.5, 0.6) is 17.2 Å². The maximum atomic E-state index is 14.9. The number of ether oxygens (including phenoxy) is 7. The van der Waals surface area contributed by atoms with Crippen molar-refractivity contribution in [3.05, 3.63) is 103 Å². The molecule has 4 aliphatic heterocycles. The van der Waals surface area contributed by atoms with Gasteiger partial charge in [0.25, 0.3) is 0 Å². The number of carboxylic acids is 2. The van der Waals surface area contributed by atoms with E-state index >= 15 is 0 Å². The number of morpholine rings is 2. The monoisotopic (exact) mass is 1740 g/mol. The van der Waals surface area contributed by atoms with Gasteiger partial charge >= 0.3 is 23.9 Å². The van der Waals surface area contributed by atoms with Gasteiger partial charge in [-0.25, -0.2) is 19.3 Å². The van der Waals surface area contributed by atoms with Crippen LogP contribution in [0.15, 0.2) is 98.4 Å². The summed E-state index contributed by atoms with van der Waals surface area (Å²) in [6, 6.07) is 17.5. The zero-order valence-electron chi connectivity index (χ0n) is 73.8. The molecule has 2 aromatic carbocycles. The van der Waals surface area contributed by atoms with Crippen LogP contribution in [0.4, 0.5) is 11.6 Å². The Morgan fingerprint density at radius 2 is 0.984 bits per heavy atom. The third kappa shape index (κ3) is 22.3. The van der Waals surface area contributed by atoms with Crippen LogP contribution in [0, 0.1) is 69.0 Å². The van der Waals surface area contributed by atoms with E-state index in [1.165, 1.54) is 22.6 Å². The Hall–Kier alpha value is -9.59. The van der Waals surface area contributed by atoms with Crippen LogP contribution >= 0.6 is 11.6 Å². The Morgan fingerprint density at radius 3 is 1.41 bits per heavy atom. The zero-order chi connectivity index (χ0) is 89.1. The number of hydrogen-bond donors (Lipinski definition) is 5. The molecule has 16 rings (SSSR count). The molecule has 30 nitrogen and oxygen atoms in total. The number of Topliss-reactive ketones (excluding diaryl/α,β-unsaturated/α-hetero) is 2. The number of aliphatic carboxylic acids is 2. The lowest BCUT2D eigenvalue weighted by molar-refractivity contribution is -0.157. The summed E-state index contributed by atoms with van der Waals surface area (Å²) in [7, 11) is 0. The quantitative estimate of drug-likeness (QED) is 0.0185. The molecule has 6 aliphatic carbocycles. The number of rotatable bonds is 34. The van der Waals surface area contributed by atoms with Crippen LogP contribution in [0.3, 0.4) is 0 Å². The van der Waals surface area contributed by atoms with E-state index in [1.54, 1.807) is 27.6 Å². The van der Waals surface area contributed by atoms with Crippen molar-refractivity contribution in [3.63, 3.8) is 0 Å². The number of carbonyl (C=O) groups excluding carboxylic acids is 6. The van der Waals surface area contributed by atoms with Gasteiger partial charge in [-0.05, 0) is 150 Å². The molecule has 8 heterocycles. The molecule has 0 spiro atoms. The number of hydrogen-bond acceptors (Lipinski definition) is 24. The summed E-state index contributed by atoms with van der Waals surface area (Å²) in [6.07, 6.45) is 11.3. The van der Waals surface area contributed by atoms with Gasteiger partial charge in [0.05, 0.1) is 103 Å². The predicted octanol–water partition coefficient (Wildman–Crippen LogP) is 12.1. The van der Waals surface area contributed by atoms with Crippen LogP contribution in [-0.4, -0.2) is 252 Å². The summed E-state index contributed by atoms with van der Waals surface area (Å²) in [5, 5.41) is 48.3. The van der Waals surface area contributed by atoms with Crippen molar-refractivity contribution in [1.82, 2.24) is 49.1 Å². The number of carboxylic acid groups (broad SMARTS) is 2. The van der Waals surface area contributed by atoms with E-state index in [0.29, 0.717) is 114 Å². The lowest BCUT2D eigenvalue weighted by Crippen LogP contribution is -2.48. The molecular formula is C94H125ClN12O18. The molecule has 6 unspecified atom stereocenters. The maximum Gasteiger partial charge on any atom is 0.310 e. The van der Waals surface area contributed by atoms with Crippen molar-refractivity contribution in [2.45, 2.75) is 208 Å². The lowest BCUT2D eigenvalue weighted by atomic mass is 9.77. The van der Waals surface area contributed by atoms with E-state index in [9.17, 15) is 53.7 Å². The van der Waals surface area contributed by atoms with Crippen LogP contribution in [-0.2, 0) is 57.3 Å². The maximum absolute atomic E-state index is 14.9. The van der Waals surface area contributed by atoms with Gasteiger partial charge in [0.15, 0.2) is 23.2 Å². The second-order valence-corrected chi connectivity index (χ2v) is 39.3. The Labute approximate surface area is 736 Å². The van der Waals surface area contributed by atoms with Crippen molar-refractivity contribution in [2.24, 2.45) is 69.0 Å². The molecule has 16 atom stereocenters. The van der Waals surface area contributed by atoms with E-state index in [2.05, 4.69) is 52.5 Å². The minimum atomic E-state index is -1.26. The fourth-order valence-electron chi connectivity index (χ4n) is 19.1. The van der Waals surface area contributed by atoms with Crippen molar-refractivity contribution in [3.8, 4) is 28.9 Å². The van der Waals surface area contributed by atoms with Crippen molar-refractivity contribution >= 4 is 92.3 Å². The number of nitrogens with zero attached hydrogens (tertiary/aromatic N) is 10. The number of aliphatic hydroxyl groups excluding tert-OH is 1. The molecule has 31 heteroatoms. The lowest BCUT2D eigenvalue weighted by Gasteiger charge is -2.35. The van der Waals surface area contributed by atoms with E-state index in [-0.39, 0.29) is 105 Å². The second kappa shape index (κ2) is 38.5. The third-order valence-electron chi connectivity index (χ3n) is 26.8. The number of carbonyl (C=O) groups is 8. The number of aliphatic hydroxyl groups is 1. The Morgan fingerprint density at radius 1 is 0.560 bits per heavy atom. The molecule has 6 aromatic rings. The summed E-state index contributed by atoms with van der Waals surface area (Å²) in [5.41, 5.74) is -2.26. The van der Waals surface area contributed by atoms with Crippen molar-refractivity contribution < 1.29 is 86.8 Å². The van der Waals surface area contributed by atoms with E-state index in [4.69, 9.17) is 59.8 Å². The molecule has 6 saturated carbocycles. The molecular weight excluding hydrogens is 1620 g/mol. The third-order valence-corrected chi connectivity index (χ3v) is 27.1. The van der Waals surface area contributed by atoms with Crippen molar-refractivity contribution in [2.75, 3.05) is 103 Å². The highest BCUT2D eigenvalue weighted by Gasteiger charge is 2.63. The fraction of sp³-hybridized carbons (Fsp3) is 0.617. The van der Waals surface area contributed by atoms with Crippen LogP contribution < -0.4 is 24.8 Å². The molecule has 125 heavy (non-hydrogen) atoms. The number of pyridine rings is 2. The molecule has 0 bridgehead atoms. The minimum absolute atomic E-state index is 0.00614. The Bertz CT molecular complexity index is 4930. The largest absolute Gasteiger partial charge is 0.492 e. The van der Waals surface area contributed by atoms with Gasteiger partial charge in [-0.2, -0.15) is 0 Å². The van der Waals surface area contributed by atoms with E-state index in [0.717, 1.165) is 101 Å². The van der Waals surface area contributed by atoms with Crippen LogP contribution in [0.25, 0.3) is 33.4 Å². The predicted molar refractivity (Wildman–Crippen MR) is 469 cm³/mol. The first-order valence-corrected chi connectivity index (χ1v) is 45.1. The molecule has 676 valence electrons. The van der Waals surface area contributed by atoms with Crippen molar-refractivity contribution in [1.29, 1.82) is 0 Å². The average Bonchev–Trinajstić information content (AvgIpc) is 1.59. The highest BCUT2D eigenvalue weighted by atomic mass is 35.5. The summed E-state index contributed by atoms with van der Waals surface area (Å²) < 4.78 is 44.8.